The number of aromatic nitrogens is 6. The van der Waals surface area contributed by atoms with Crippen LogP contribution in [0.3, 0.4) is 0 Å². The largest absolute Gasteiger partial charge is 0.433 e. The Morgan fingerprint density at radius 1 is 1.28 bits per heavy atom. The molecule has 4 rings (SSSR count). The highest BCUT2D eigenvalue weighted by Gasteiger charge is 2.35. The van der Waals surface area contributed by atoms with Gasteiger partial charge in [-0.05, 0) is 6.07 Å². The molecular formula is C14H14F3N7O. The fraction of sp³-hybridized carbons (Fsp3) is 0.429. The van der Waals surface area contributed by atoms with E-state index in [0.717, 1.165) is 6.07 Å². The molecule has 0 aliphatic carbocycles. The SMILES string of the molecule is FC(F)(F)c1cc(N2CCOC(Cn3cccn3)C2)n2ncnc2n1. The van der Waals surface area contributed by atoms with Crippen LogP contribution in [0.5, 0.6) is 0 Å². The van der Waals surface area contributed by atoms with E-state index >= 15 is 0 Å². The van der Waals surface area contributed by atoms with E-state index in [2.05, 4.69) is 20.2 Å². The minimum absolute atomic E-state index is 0.0834. The Bertz CT molecular complexity index is 861. The fourth-order valence-electron chi connectivity index (χ4n) is 2.82. The van der Waals surface area contributed by atoms with Crippen molar-refractivity contribution in [3.63, 3.8) is 0 Å². The van der Waals surface area contributed by atoms with E-state index in [1.54, 1.807) is 21.8 Å². The van der Waals surface area contributed by atoms with Crippen LogP contribution in [0, 0.1) is 0 Å². The average molecular weight is 353 g/mol. The van der Waals surface area contributed by atoms with Crippen LogP contribution in [0.4, 0.5) is 19.0 Å². The molecule has 1 aliphatic heterocycles. The Kier molecular flexibility index (Phi) is 3.79. The lowest BCUT2D eigenvalue weighted by Crippen LogP contribution is -2.45. The van der Waals surface area contributed by atoms with Gasteiger partial charge in [-0.2, -0.15) is 32.9 Å². The van der Waals surface area contributed by atoms with Crippen LogP contribution in [0.1, 0.15) is 5.69 Å². The Morgan fingerprint density at radius 3 is 2.92 bits per heavy atom. The standard InChI is InChI=1S/C14H14F3N7O/c15-14(16,17)11-6-12(24-13(21-11)18-9-20-24)22-4-5-25-10(7-22)8-23-3-1-2-19-23/h1-3,6,9-10H,4-5,7-8H2. The number of fused-ring (bicyclic) bond motifs is 1. The molecular weight excluding hydrogens is 339 g/mol. The molecule has 25 heavy (non-hydrogen) atoms. The fourth-order valence-corrected chi connectivity index (χ4v) is 2.82. The number of ether oxygens (including phenoxy) is 1. The molecule has 4 heterocycles. The maximum absolute atomic E-state index is 13.1. The Labute approximate surface area is 139 Å². The molecule has 0 aromatic carbocycles. The van der Waals surface area contributed by atoms with Crippen LogP contribution < -0.4 is 4.90 Å². The zero-order valence-electron chi connectivity index (χ0n) is 13.0. The molecule has 1 fully saturated rings. The summed E-state index contributed by atoms with van der Waals surface area (Å²) in [7, 11) is 0. The number of halogens is 3. The van der Waals surface area contributed by atoms with Crippen molar-refractivity contribution in [2.45, 2.75) is 18.8 Å². The lowest BCUT2D eigenvalue weighted by atomic mass is 10.2. The molecule has 3 aromatic heterocycles. The molecule has 3 aromatic rings. The molecule has 8 nitrogen and oxygen atoms in total. The van der Waals surface area contributed by atoms with Crippen LogP contribution >= 0.6 is 0 Å². The third-order valence-corrected chi connectivity index (χ3v) is 3.94. The smallest absolute Gasteiger partial charge is 0.373 e. The molecule has 0 spiro atoms. The van der Waals surface area contributed by atoms with Crippen molar-refractivity contribution in [3.05, 3.63) is 36.5 Å². The normalized spacial score (nSPS) is 18.8. The number of alkyl halides is 3. The summed E-state index contributed by atoms with van der Waals surface area (Å²) in [5, 5.41) is 8.12. The van der Waals surface area contributed by atoms with Gasteiger partial charge in [0.05, 0.1) is 19.3 Å². The summed E-state index contributed by atoms with van der Waals surface area (Å²) in [5.41, 5.74) is -0.988. The van der Waals surface area contributed by atoms with E-state index in [1.165, 1.54) is 10.8 Å². The Morgan fingerprint density at radius 2 is 2.16 bits per heavy atom. The molecule has 1 atom stereocenters. The summed E-state index contributed by atoms with van der Waals surface area (Å²) in [6, 6.07) is 2.80. The van der Waals surface area contributed by atoms with Gasteiger partial charge in [-0.25, -0.2) is 4.98 Å². The van der Waals surface area contributed by atoms with Gasteiger partial charge in [-0.3, -0.25) is 4.68 Å². The molecule has 0 saturated carbocycles. The minimum Gasteiger partial charge on any atom is -0.373 e. The van der Waals surface area contributed by atoms with Gasteiger partial charge >= 0.3 is 6.18 Å². The van der Waals surface area contributed by atoms with Crippen molar-refractivity contribution >= 4 is 11.6 Å². The second kappa shape index (κ2) is 5.99. The summed E-state index contributed by atoms with van der Waals surface area (Å²) in [5.74, 6) is 0.212. The zero-order valence-corrected chi connectivity index (χ0v) is 13.0. The van der Waals surface area contributed by atoms with Crippen molar-refractivity contribution in [2.75, 3.05) is 24.6 Å². The number of hydrogen-bond acceptors (Lipinski definition) is 6. The second-order valence-corrected chi connectivity index (χ2v) is 5.64. The van der Waals surface area contributed by atoms with E-state index in [4.69, 9.17) is 4.74 Å². The van der Waals surface area contributed by atoms with Crippen LogP contribution in [-0.4, -0.2) is 55.2 Å². The monoisotopic (exact) mass is 353 g/mol. The quantitative estimate of drug-likeness (QED) is 0.706. The molecule has 0 amide bonds. The van der Waals surface area contributed by atoms with E-state index in [9.17, 15) is 13.2 Å². The first-order valence-corrected chi connectivity index (χ1v) is 7.62. The second-order valence-electron chi connectivity index (χ2n) is 5.64. The average Bonchev–Trinajstić information content (AvgIpc) is 3.24. The molecule has 0 bridgehead atoms. The molecule has 11 heteroatoms. The maximum Gasteiger partial charge on any atom is 0.433 e. The molecule has 0 N–H and O–H groups in total. The van der Waals surface area contributed by atoms with Gasteiger partial charge in [-0.15, -0.1) is 0 Å². The van der Waals surface area contributed by atoms with Crippen molar-refractivity contribution in [2.24, 2.45) is 0 Å². The van der Waals surface area contributed by atoms with Crippen LogP contribution in [0.2, 0.25) is 0 Å². The number of anilines is 1. The van der Waals surface area contributed by atoms with Crippen LogP contribution in [-0.2, 0) is 17.5 Å². The third-order valence-electron chi connectivity index (χ3n) is 3.94. The van der Waals surface area contributed by atoms with Crippen molar-refractivity contribution in [1.29, 1.82) is 0 Å². The maximum atomic E-state index is 13.1. The number of rotatable bonds is 3. The lowest BCUT2D eigenvalue weighted by Gasteiger charge is -2.34. The first-order chi connectivity index (χ1) is 12.0. The van der Waals surface area contributed by atoms with Gasteiger partial charge in [0.2, 0.25) is 0 Å². The van der Waals surface area contributed by atoms with Gasteiger partial charge in [0, 0.05) is 31.5 Å². The first kappa shape index (κ1) is 15.8. The zero-order chi connectivity index (χ0) is 17.4. The van der Waals surface area contributed by atoms with Gasteiger partial charge in [0.25, 0.3) is 5.78 Å². The van der Waals surface area contributed by atoms with E-state index in [1.807, 2.05) is 6.20 Å². The predicted molar refractivity (Wildman–Crippen MR) is 80.0 cm³/mol. The highest BCUT2D eigenvalue weighted by molar-refractivity contribution is 5.48. The number of nitrogens with zero attached hydrogens (tertiary/aromatic N) is 7. The molecule has 1 unspecified atom stereocenters. The summed E-state index contributed by atoms with van der Waals surface area (Å²) in [6.45, 7) is 1.77. The highest BCUT2D eigenvalue weighted by Crippen LogP contribution is 2.31. The van der Waals surface area contributed by atoms with Crippen molar-refractivity contribution in [3.8, 4) is 0 Å². The van der Waals surface area contributed by atoms with E-state index in [-0.39, 0.29) is 11.9 Å². The first-order valence-electron chi connectivity index (χ1n) is 7.62. The van der Waals surface area contributed by atoms with Crippen LogP contribution in [0.25, 0.3) is 5.78 Å². The summed E-state index contributed by atoms with van der Waals surface area (Å²) < 4.78 is 48.1. The summed E-state index contributed by atoms with van der Waals surface area (Å²) in [6.07, 6.45) is -0.0872. The third kappa shape index (κ3) is 3.14. The molecule has 1 aliphatic rings. The predicted octanol–water partition coefficient (Wildman–Crippen LogP) is 1.24. The van der Waals surface area contributed by atoms with Crippen molar-refractivity contribution in [1.82, 2.24) is 29.4 Å². The van der Waals surface area contributed by atoms with Crippen LogP contribution in [0.15, 0.2) is 30.9 Å². The van der Waals surface area contributed by atoms with Gasteiger partial charge in [-0.1, -0.05) is 0 Å². The van der Waals surface area contributed by atoms with E-state index < -0.39 is 11.9 Å². The van der Waals surface area contributed by atoms with Gasteiger partial charge in [0.15, 0.2) is 5.69 Å². The summed E-state index contributed by atoms with van der Waals surface area (Å²) >= 11 is 0. The highest BCUT2D eigenvalue weighted by atomic mass is 19.4. The topological polar surface area (TPSA) is 73.4 Å². The molecule has 1 saturated heterocycles. The molecule has 132 valence electrons. The van der Waals surface area contributed by atoms with E-state index in [0.29, 0.717) is 32.1 Å². The Balaban J connectivity index is 1.65. The molecule has 0 radical (unpaired) electrons. The van der Waals surface area contributed by atoms with Crippen molar-refractivity contribution < 1.29 is 17.9 Å². The Hall–Kier alpha value is -2.69. The lowest BCUT2D eigenvalue weighted by molar-refractivity contribution is -0.141. The number of morpholine rings is 1. The number of hydrogen-bond donors (Lipinski definition) is 0. The minimum atomic E-state index is -4.55. The van der Waals surface area contributed by atoms with Gasteiger partial charge < -0.3 is 9.64 Å². The van der Waals surface area contributed by atoms with Gasteiger partial charge in [0.1, 0.15) is 12.1 Å². The summed E-state index contributed by atoms with van der Waals surface area (Å²) in [4.78, 5) is 9.13.